The summed E-state index contributed by atoms with van der Waals surface area (Å²) in [5.41, 5.74) is 0. The van der Waals surface area contributed by atoms with Crippen LogP contribution in [0.5, 0.6) is 0 Å². The molecule has 0 aliphatic rings. The van der Waals surface area contributed by atoms with E-state index in [1.54, 1.807) is 0 Å². The smallest absolute Gasteiger partial charge is 0.388 e. The number of hydrogen-bond acceptors (Lipinski definition) is 9. The molecule has 0 aromatic rings. The third-order valence-electron chi connectivity index (χ3n) is 2.12. The Hall–Kier alpha value is -0.0800. The van der Waals surface area contributed by atoms with Crippen molar-refractivity contribution in [2.75, 3.05) is 6.61 Å². The van der Waals surface area contributed by atoms with E-state index < -0.39 is 54.5 Å². The van der Waals surface area contributed by atoms with E-state index in [1.807, 2.05) is 0 Å². The van der Waals surface area contributed by atoms with Gasteiger partial charge in [-0.2, -0.15) is 0 Å². The van der Waals surface area contributed by atoms with Crippen LogP contribution in [-0.4, -0.2) is 76.9 Å². The maximum absolute atomic E-state index is 10.8. The summed E-state index contributed by atoms with van der Waals surface area (Å²) in [6.07, 6.45) is -10.1. The number of aliphatic hydroxyl groups is 2. The number of aldehydes is 1. The van der Waals surface area contributed by atoms with Crippen molar-refractivity contribution >= 4 is 29.8 Å². The van der Waals surface area contributed by atoms with Crippen LogP contribution in [0.4, 0.5) is 0 Å². The lowest BCUT2D eigenvalue weighted by atomic mass is 10.0. The minimum absolute atomic E-state index is 0.365. The molecule has 0 aliphatic carbocycles. The molecule has 0 amide bonds. The number of carbonyl (C=O) groups is 1. The fraction of sp³-hybridized carbons (Fsp3) is 0.833. The molecule has 18 heteroatoms. The van der Waals surface area contributed by atoms with Crippen LogP contribution in [-0.2, 0) is 32.1 Å². The molecular weight excluding hydrogens is 405 g/mol. The van der Waals surface area contributed by atoms with Crippen LogP contribution in [0.15, 0.2) is 0 Å². The Labute approximate surface area is 133 Å². The van der Waals surface area contributed by atoms with E-state index in [-0.39, 0.29) is 6.29 Å². The van der Waals surface area contributed by atoms with Gasteiger partial charge in [0.2, 0.25) is 0 Å². The summed E-state index contributed by atoms with van der Waals surface area (Å²) >= 11 is 0. The predicted molar refractivity (Wildman–Crippen MR) is 69.9 cm³/mol. The monoisotopic (exact) mass is 420 g/mol. The SMILES string of the molecule is O=C[C@@H](OP(=O)(O)O)[C@H](O)[C@H](OP(=O)(O)O)[C@H](O)COP(=O)(O)O. The molecule has 24 heavy (non-hydrogen) atoms. The molecule has 0 bridgehead atoms. The Bertz CT molecular complexity index is 543. The minimum Gasteiger partial charge on any atom is -0.388 e. The number of hydrogen-bond donors (Lipinski definition) is 8. The molecule has 0 heterocycles. The van der Waals surface area contributed by atoms with E-state index in [9.17, 15) is 28.7 Å². The van der Waals surface area contributed by atoms with Gasteiger partial charge in [0.15, 0.2) is 12.4 Å². The van der Waals surface area contributed by atoms with Crippen LogP contribution >= 0.6 is 23.5 Å². The van der Waals surface area contributed by atoms with Gasteiger partial charge in [-0.25, -0.2) is 13.7 Å². The van der Waals surface area contributed by atoms with Gasteiger partial charge in [-0.1, -0.05) is 0 Å². The lowest BCUT2D eigenvalue weighted by Gasteiger charge is -2.30. The van der Waals surface area contributed by atoms with Crippen molar-refractivity contribution in [1.29, 1.82) is 0 Å². The summed E-state index contributed by atoms with van der Waals surface area (Å²) in [6.45, 7) is -1.33. The number of carbonyl (C=O) groups excluding carboxylic acids is 1. The second-order valence-corrected chi connectivity index (χ2v) is 7.72. The Balaban J connectivity index is 5.36. The normalized spacial score (nSPS) is 18.7. The first-order valence-electron chi connectivity index (χ1n) is 5.55. The molecule has 8 N–H and O–H groups in total. The van der Waals surface area contributed by atoms with Crippen LogP contribution in [0.3, 0.4) is 0 Å². The van der Waals surface area contributed by atoms with Crippen LogP contribution in [0.25, 0.3) is 0 Å². The molecule has 0 unspecified atom stereocenters. The standard InChI is InChI=1S/C6H15O15P3/c7-1-4(20-23(13,14)15)5(9)6(21-24(16,17)18)3(8)2-19-22(10,11)12/h1,3-6,8-9H,2H2,(H2,10,11,12)(H2,13,14,15)(H2,16,17,18)/t3-,4-,5+,6-/m1/s1. The maximum atomic E-state index is 10.8. The van der Waals surface area contributed by atoms with Gasteiger partial charge in [0.1, 0.15) is 18.3 Å². The molecule has 0 aromatic carbocycles. The highest BCUT2D eigenvalue weighted by molar-refractivity contribution is 7.46. The molecule has 0 aromatic heterocycles. The average Bonchev–Trinajstić information content (AvgIpc) is 2.35. The molecule has 0 saturated carbocycles. The van der Waals surface area contributed by atoms with Gasteiger partial charge in [-0.05, 0) is 0 Å². The molecule has 0 radical (unpaired) electrons. The van der Waals surface area contributed by atoms with E-state index in [4.69, 9.17) is 29.4 Å². The topological polar surface area (TPSA) is 258 Å². The van der Waals surface area contributed by atoms with Gasteiger partial charge in [0.05, 0.1) is 6.61 Å². The quantitative estimate of drug-likeness (QED) is 0.122. The highest BCUT2D eigenvalue weighted by Gasteiger charge is 2.41. The van der Waals surface area contributed by atoms with Crippen LogP contribution in [0.2, 0.25) is 0 Å². The van der Waals surface area contributed by atoms with Crippen molar-refractivity contribution < 1.29 is 71.6 Å². The molecule has 4 atom stereocenters. The Morgan fingerprint density at radius 2 is 1.29 bits per heavy atom. The van der Waals surface area contributed by atoms with Crippen LogP contribution in [0.1, 0.15) is 0 Å². The van der Waals surface area contributed by atoms with E-state index in [0.717, 1.165) is 0 Å². The first-order chi connectivity index (χ1) is 10.6. The van der Waals surface area contributed by atoms with Crippen molar-refractivity contribution in [3.05, 3.63) is 0 Å². The fourth-order valence-electron chi connectivity index (χ4n) is 1.30. The van der Waals surface area contributed by atoms with Crippen molar-refractivity contribution in [1.82, 2.24) is 0 Å². The average molecular weight is 420 g/mol. The van der Waals surface area contributed by atoms with Gasteiger partial charge < -0.3 is 44.4 Å². The largest absolute Gasteiger partial charge is 0.470 e. The van der Waals surface area contributed by atoms with Crippen LogP contribution in [0, 0.1) is 0 Å². The van der Waals surface area contributed by atoms with E-state index in [2.05, 4.69) is 13.6 Å². The number of rotatable bonds is 11. The Morgan fingerprint density at radius 3 is 1.62 bits per heavy atom. The van der Waals surface area contributed by atoms with E-state index in [0.29, 0.717) is 0 Å². The molecule has 0 aliphatic heterocycles. The summed E-state index contributed by atoms with van der Waals surface area (Å²) in [6, 6.07) is 0. The van der Waals surface area contributed by atoms with Crippen molar-refractivity contribution in [3.63, 3.8) is 0 Å². The van der Waals surface area contributed by atoms with E-state index in [1.165, 1.54) is 0 Å². The van der Waals surface area contributed by atoms with Crippen molar-refractivity contribution in [2.45, 2.75) is 24.4 Å². The summed E-state index contributed by atoms with van der Waals surface area (Å²) < 4.78 is 43.6. The summed E-state index contributed by atoms with van der Waals surface area (Å²) in [5.74, 6) is 0. The lowest BCUT2D eigenvalue weighted by Crippen LogP contribution is -2.48. The molecule has 0 saturated heterocycles. The summed E-state index contributed by atoms with van der Waals surface area (Å²) in [4.78, 5) is 62.2. The van der Waals surface area contributed by atoms with Gasteiger partial charge in [0.25, 0.3) is 0 Å². The second-order valence-electron chi connectivity index (χ2n) is 4.10. The minimum atomic E-state index is -5.43. The molecule has 15 nitrogen and oxygen atoms in total. The van der Waals surface area contributed by atoms with Gasteiger partial charge in [0, 0.05) is 0 Å². The van der Waals surface area contributed by atoms with E-state index >= 15 is 0 Å². The van der Waals surface area contributed by atoms with Crippen molar-refractivity contribution in [2.24, 2.45) is 0 Å². The zero-order valence-electron chi connectivity index (χ0n) is 11.4. The Morgan fingerprint density at radius 1 is 0.833 bits per heavy atom. The summed E-state index contributed by atoms with van der Waals surface area (Å²) in [7, 11) is -15.9. The van der Waals surface area contributed by atoms with Crippen LogP contribution < -0.4 is 0 Å². The van der Waals surface area contributed by atoms with Gasteiger partial charge in [-0.15, -0.1) is 0 Å². The zero-order chi connectivity index (χ0) is 19.3. The highest BCUT2D eigenvalue weighted by Crippen LogP contribution is 2.43. The zero-order valence-corrected chi connectivity index (χ0v) is 14.1. The lowest BCUT2D eigenvalue weighted by molar-refractivity contribution is -0.133. The third-order valence-corrected chi connectivity index (χ3v) is 3.64. The highest BCUT2D eigenvalue weighted by atomic mass is 31.2. The number of phosphoric ester groups is 3. The number of phosphoric acid groups is 3. The maximum Gasteiger partial charge on any atom is 0.470 e. The number of aliphatic hydroxyl groups excluding tert-OH is 2. The molecular formula is C6H15O15P3. The fourth-order valence-corrected chi connectivity index (χ4v) is 2.72. The first kappa shape index (κ1) is 23.9. The first-order valence-corrected chi connectivity index (χ1v) is 10.1. The summed E-state index contributed by atoms with van der Waals surface area (Å²) in [5, 5.41) is 19.3. The second kappa shape index (κ2) is 9.03. The molecule has 0 rings (SSSR count). The Kier molecular flexibility index (Phi) is 9.00. The molecule has 144 valence electrons. The van der Waals surface area contributed by atoms with Gasteiger partial charge in [-0.3, -0.25) is 13.6 Å². The third kappa shape index (κ3) is 10.7. The van der Waals surface area contributed by atoms with Gasteiger partial charge >= 0.3 is 23.5 Å². The molecule has 0 fully saturated rings. The molecule has 0 spiro atoms. The van der Waals surface area contributed by atoms with Crippen molar-refractivity contribution in [3.8, 4) is 0 Å². The predicted octanol–water partition coefficient (Wildman–Crippen LogP) is -3.03.